The van der Waals surface area contributed by atoms with Gasteiger partial charge in [0, 0.05) is 4.83 Å². The van der Waals surface area contributed by atoms with Crippen molar-refractivity contribution in [2.24, 2.45) is 11.8 Å². The second-order valence-corrected chi connectivity index (χ2v) is 5.55. The highest BCUT2D eigenvalue weighted by Crippen LogP contribution is 2.22. The van der Waals surface area contributed by atoms with Gasteiger partial charge in [0.15, 0.2) is 0 Å². The van der Waals surface area contributed by atoms with Crippen LogP contribution in [0.25, 0.3) is 0 Å². The summed E-state index contributed by atoms with van der Waals surface area (Å²) in [6.45, 7) is 9.19. The Kier molecular flexibility index (Phi) is 8.13. The van der Waals surface area contributed by atoms with Gasteiger partial charge in [0.05, 0.1) is 0 Å². The first-order valence-corrected chi connectivity index (χ1v) is 6.67. The van der Waals surface area contributed by atoms with E-state index in [1.165, 1.54) is 32.1 Å². The molecule has 0 radical (unpaired) electrons. The Morgan fingerprint density at radius 2 is 1.54 bits per heavy atom. The molecule has 0 nitrogen and oxygen atoms in total. The molecule has 0 rings (SSSR count). The molecule has 0 aliphatic heterocycles. The Balaban J connectivity index is 3.43. The SMILES string of the molecule is CCC(CC)CCCC(Br)C(C)C. The lowest BCUT2D eigenvalue weighted by molar-refractivity contribution is 0.422. The van der Waals surface area contributed by atoms with Crippen LogP contribution in [0.1, 0.15) is 59.8 Å². The van der Waals surface area contributed by atoms with Crippen LogP contribution in [0.4, 0.5) is 0 Å². The van der Waals surface area contributed by atoms with Crippen molar-refractivity contribution in [3.8, 4) is 0 Å². The van der Waals surface area contributed by atoms with Gasteiger partial charge in [-0.05, 0) is 18.3 Å². The summed E-state index contributed by atoms with van der Waals surface area (Å²) >= 11 is 3.74. The average Bonchev–Trinajstić information content (AvgIpc) is 2.12. The zero-order valence-corrected chi connectivity index (χ0v) is 11.2. The Hall–Kier alpha value is 0.480. The summed E-state index contributed by atoms with van der Waals surface area (Å²) < 4.78 is 0. The van der Waals surface area contributed by atoms with Crippen LogP contribution in [0.5, 0.6) is 0 Å². The molecule has 80 valence electrons. The predicted molar refractivity (Wildman–Crippen MR) is 65.5 cm³/mol. The minimum Gasteiger partial charge on any atom is -0.0888 e. The summed E-state index contributed by atoms with van der Waals surface area (Å²) in [5.41, 5.74) is 0. The van der Waals surface area contributed by atoms with E-state index in [4.69, 9.17) is 0 Å². The van der Waals surface area contributed by atoms with Crippen molar-refractivity contribution >= 4 is 15.9 Å². The van der Waals surface area contributed by atoms with Crippen LogP contribution >= 0.6 is 15.9 Å². The van der Waals surface area contributed by atoms with E-state index in [1.807, 2.05) is 0 Å². The molecule has 0 spiro atoms. The summed E-state index contributed by atoms with van der Waals surface area (Å²) in [5, 5.41) is 0. The van der Waals surface area contributed by atoms with E-state index in [1.54, 1.807) is 0 Å². The molecule has 13 heavy (non-hydrogen) atoms. The fourth-order valence-corrected chi connectivity index (χ4v) is 1.96. The zero-order valence-electron chi connectivity index (χ0n) is 9.65. The van der Waals surface area contributed by atoms with Gasteiger partial charge >= 0.3 is 0 Å². The lowest BCUT2D eigenvalue weighted by Gasteiger charge is -2.16. The first-order chi connectivity index (χ1) is 6.11. The maximum absolute atomic E-state index is 3.74. The molecule has 0 saturated heterocycles. The predicted octanol–water partition coefficient (Wildman–Crippen LogP) is 5.01. The number of rotatable bonds is 7. The molecule has 1 heteroatoms. The third-order valence-electron chi connectivity index (χ3n) is 2.97. The Labute approximate surface area is 92.6 Å². The second-order valence-electron chi connectivity index (χ2n) is 4.37. The molecule has 0 N–H and O–H groups in total. The number of hydrogen-bond donors (Lipinski definition) is 0. The van der Waals surface area contributed by atoms with Crippen LogP contribution in [0.3, 0.4) is 0 Å². The van der Waals surface area contributed by atoms with Crippen LogP contribution in [0.15, 0.2) is 0 Å². The first kappa shape index (κ1) is 13.5. The van der Waals surface area contributed by atoms with Crippen molar-refractivity contribution in [3.05, 3.63) is 0 Å². The number of halogens is 1. The maximum atomic E-state index is 3.74. The Bertz CT molecular complexity index is 104. The highest BCUT2D eigenvalue weighted by Gasteiger charge is 2.09. The Morgan fingerprint density at radius 3 is 1.92 bits per heavy atom. The standard InChI is InChI=1S/C12H25Br/c1-5-11(6-2)8-7-9-12(13)10(3)4/h10-12H,5-9H2,1-4H3. The lowest BCUT2D eigenvalue weighted by atomic mass is 9.95. The van der Waals surface area contributed by atoms with E-state index in [2.05, 4.69) is 43.6 Å². The molecule has 0 aliphatic carbocycles. The molecule has 0 amide bonds. The van der Waals surface area contributed by atoms with Crippen molar-refractivity contribution < 1.29 is 0 Å². The fourth-order valence-electron chi connectivity index (χ4n) is 1.63. The zero-order chi connectivity index (χ0) is 10.3. The molecule has 0 saturated carbocycles. The number of hydrogen-bond acceptors (Lipinski definition) is 0. The topological polar surface area (TPSA) is 0 Å². The van der Waals surface area contributed by atoms with Crippen LogP contribution in [0, 0.1) is 11.8 Å². The summed E-state index contributed by atoms with van der Waals surface area (Å²) in [4.78, 5) is 0.724. The van der Waals surface area contributed by atoms with Crippen LogP contribution in [-0.4, -0.2) is 4.83 Å². The summed E-state index contributed by atoms with van der Waals surface area (Å²) in [6.07, 6.45) is 6.85. The van der Waals surface area contributed by atoms with Crippen LogP contribution in [0.2, 0.25) is 0 Å². The summed E-state index contributed by atoms with van der Waals surface area (Å²) in [5.74, 6) is 1.74. The third-order valence-corrected chi connectivity index (χ3v) is 4.49. The van der Waals surface area contributed by atoms with Crippen molar-refractivity contribution in [3.63, 3.8) is 0 Å². The van der Waals surface area contributed by atoms with Gasteiger partial charge in [-0.2, -0.15) is 0 Å². The molecular formula is C12H25Br. The number of alkyl halides is 1. The van der Waals surface area contributed by atoms with Gasteiger partial charge in [0.1, 0.15) is 0 Å². The normalized spacial score (nSPS) is 14.1. The van der Waals surface area contributed by atoms with Crippen molar-refractivity contribution in [2.75, 3.05) is 0 Å². The van der Waals surface area contributed by atoms with Gasteiger partial charge in [-0.15, -0.1) is 0 Å². The molecule has 1 atom stereocenters. The monoisotopic (exact) mass is 248 g/mol. The Morgan fingerprint density at radius 1 is 1.00 bits per heavy atom. The van der Waals surface area contributed by atoms with E-state index >= 15 is 0 Å². The van der Waals surface area contributed by atoms with E-state index < -0.39 is 0 Å². The quantitative estimate of drug-likeness (QED) is 0.556. The summed E-state index contributed by atoms with van der Waals surface area (Å²) in [6, 6.07) is 0. The molecular weight excluding hydrogens is 224 g/mol. The van der Waals surface area contributed by atoms with Gasteiger partial charge in [-0.3, -0.25) is 0 Å². The maximum Gasteiger partial charge on any atom is 0.0168 e. The van der Waals surface area contributed by atoms with E-state index in [0.717, 1.165) is 16.7 Å². The first-order valence-electron chi connectivity index (χ1n) is 5.75. The van der Waals surface area contributed by atoms with Gasteiger partial charge < -0.3 is 0 Å². The van der Waals surface area contributed by atoms with Crippen LogP contribution in [-0.2, 0) is 0 Å². The smallest absolute Gasteiger partial charge is 0.0168 e. The van der Waals surface area contributed by atoms with Crippen molar-refractivity contribution in [1.82, 2.24) is 0 Å². The molecule has 0 aromatic heterocycles. The third kappa shape index (κ3) is 6.54. The van der Waals surface area contributed by atoms with E-state index in [0.29, 0.717) is 0 Å². The highest BCUT2D eigenvalue weighted by atomic mass is 79.9. The molecule has 0 bridgehead atoms. The minimum absolute atomic E-state index is 0.724. The van der Waals surface area contributed by atoms with Gasteiger partial charge in [0.2, 0.25) is 0 Å². The van der Waals surface area contributed by atoms with Crippen LogP contribution < -0.4 is 0 Å². The molecule has 0 aromatic rings. The van der Waals surface area contributed by atoms with Gasteiger partial charge in [-0.25, -0.2) is 0 Å². The molecule has 0 aromatic carbocycles. The van der Waals surface area contributed by atoms with Crippen molar-refractivity contribution in [1.29, 1.82) is 0 Å². The van der Waals surface area contributed by atoms with Crippen molar-refractivity contribution in [2.45, 2.75) is 64.6 Å². The minimum atomic E-state index is 0.724. The molecule has 1 unspecified atom stereocenters. The highest BCUT2D eigenvalue weighted by molar-refractivity contribution is 9.09. The largest absolute Gasteiger partial charge is 0.0888 e. The molecule has 0 heterocycles. The van der Waals surface area contributed by atoms with E-state index in [9.17, 15) is 0 Å². The molecule has 0 aliphatic rings. The average molecular weight is 249 g/mol. The molecule has 0 fully saturated rings. The van der Waals surface area contributed by atoms with Gasteiger partial charge in [-0.1, -0.05) is 69.3 Å². The van der Waals surface area contributed by atoms with Gasteiger partial charge in [0.25, 0.3) is 0 Å². The lowest BCUT2D eigenvalue weighted by Crippen LogP contribution is -2.07. The van der Waals surface area contributed by atoms with E-state index in [-0.39, 0.29) is 0 Å². The summed E-state index contributed by atoms with van der Waals surface area (Å²) in [7, 11) is 0. The second kappa shape index (κ2) is 7.84. The fraction of sp³-hybridized carbons (Fsp3) is 1.00.